The molecule has 0 heterocycles. The predicted octanol–water partition coefficient (Wildman–Crippen LogP) is 2.38. The number of anilines is 1. The summed E-state index contributed by atoms with van der Waals surface area (Å²) in [5, 5.41) is 1.84. The molecule has 6 heteroatoms. The summed E-state index contributed by atoms with van der Waals surface area (Å²) in [6, 6.07) is 6.32. The molecule has 1 N–H and O–H groups in total. The van der Waals surface area contributed by atoms with Gasteiger partial charge >= 0.3 is 12.1 Å². The Morgan fingerprint density at radius 1 is 1.35 bits per heavy atom. The van der Waals surface area contributed by atoms with Gasteiger partial charge in [0.25, 0.3) is 0 Å². The maximum absolute atomic E-state index is 12.1. The Kier molecular flexibility index (Phi) is 4.51. The van der Waals surface area contributed by atoms with E-state index in [1.54, 1.807) is 18.2 Å². The van der Waals surface area contributed by atoms with E-state index in [1.165, 1.54) is 13.2 Å². The summed E-state index contributed by atoms with van der Waals surface area (Å²) in [6.07, 6.45) is -4.45. The number of methoxy groups -OCH3 is 1. The number of rotatable bonds is 4. The number of hydrogen-bond acceptors (Lipinski definition) is 2. The Labute approximate surface area is 96.6 Å². The Morgan fingerprint density at radius 3 is 2.59 bits per heavy atom. The molecule has 94 valence electrons. The van der Waals surface area contributed by atoms with Crippen molar-refractivity contribution < 1.29 is 22.7 Å². The van der Waals surface area contributed by atoms with Gasteiger partial charge in [-0.05, 0) is 18.1 Å². The minimum absolute atomic E-state index is 0.159. The van der Waals surface area contributed by atoms with Crippen LogP contribution in [0.4, 0.5) is 18.9 Å². The minimum atomic E-state index is -4.88. The first kappa shape index (κ1) is 13.5. The van der Waals surface area contributed by atoms with Gasteiger partial charge in [0.15, 0.2) is 0 Å². The maximum atomic E-state index is 12.1. The molecule has 0 spiro atoms. The second kappa shape index (κ2) is 5.67. The van der Waals surface area contributed by atoms with E-state index in [4.69, 9.17) is 4.74 Å². The van der Waals surface area contributed by atoms with Crippen LogP contribution in [-0.2, 0) is 16.0 Å². The fourth-order valence-electron chi connectivity index (χ4n) is 1.27. The molecule has 0 unspecified atom stereocenters. The van der Waals surface area contributed by atoms with E-state index < -0.39 is 12.1 Å². The van der Waals surface area contributed by atoms with Crippen LogP contribution in [-0.4, -0.2) is 25.8 Å². The van der Waals surface area contributed by atoms with Gasteiger partial charge in [0.05, 0.1) is 6.61 Å². The summed E-state index contributed by atoms with van der Waals surface area (Å²) in [6.45, 7) is 0.374. The molecular formula is C11H12F3NO2. The van der Waals surface area contributed by atoms with E-state index in [0.717, 1.165) is 0 Å². The first-order valence-corrected chi connectivity index (χ1v) is 4.90. The molecule has 1 aromatic rings. The van der Waals surface area contributed by atoms with Crippen LogP contribution in [0, 0.1) is 0 Å². The number of alkyl halides is 3. The molecular weight excluding hydrogens is 235 g/mol. The van der Waals surface area contributed by atoms with Crippen molar-refractivity contribution in [3.63, 3.8) is 0 Å². The van der Waals surface area contributed by atoms with E-state index in [-0.39, 0.29) is 5.69 Å². The molecule has 0 bridgehead atoms. The van der Waals surface area contributed by atoms with E-state index in [0.29, 0.717) is 18.6 Å². The molecule has 0 fully saturated rings. The van der Waals surface area contributed by atoms with Gasteiger partial charge in [-0.1, -0.05) is 18.2 Å². The highest BCUT2D eigenvalue weighted by Crippen LogP contribution is 2.21. The summed E-state index contributed by atoms with van der Waals surface area (Å²) < 4.78 is 41.1. The Morgan fingerprint density at radius 2 is 2.00 bits per heavy atom. The molecule has 0 saturated heterocycles. The summed E-state index contributed by atoms with van der Waals surface area (Å²) in [5.74, 6) is -1.97. The van der Waals surface area contributed by atoms with Crippen LogP contribution in [0.3, 0.4) is 0 Å². The maximum Gasteiger partial charge on any atom is 0.471 e. The van der Waals surface area contributed by atoms with Gasteiger partial charge in [0.1, 0.15) is 0 Å². The lowest BCUT2D eigenvalue weighted by atomic mass is 10.1. The smallest absolute Gasteiger partial charge is 0.384 e. The summed E-state index contributed by atoms with van der Waals surface area (Å²) in [5.41, 5.74) is 0.763. The van der Waals surface area contributed by atoms with Crippen molar-refractivity contribution in [2.75, 3.05) is 19.0 Å². The zero-order valence-corrected chi connectivity index (χ0v) is 9.17. The second-order valence-corrected chi connectivity index (χ2v) is 3.35. The second-order valence-electron chi connectivity index (χ2n) is 3.35. The third kappa shape index (κ3) is 4.07. The number of amides is 1. The first-order valence-electron chi connectivity index (χ1n) is 4.90. The van der Waals surface area contributed by atoms with Gasteiger partial charge in [0.2, 0.25) is 0 Å². The van der Waals surface area contributed by atoms with Gasteiger partial charge in [-0.3, -0.25) is 4.79 Å². The highest BCUT2D eigenvalue weighted by molar-refractivity contribution is 5.95. The van der Waals surface area contributed by atoms with E-state index in [9.17, 15) is 18.0 Å². The number of halogens is 3. The molecule has 0 aliphatic heterocycles. The van der Waals surface area contributed by atoms with Crippen molar-refractivity contribution >= 4 is 11.6 Å². The number of carbonyl (C=O) groups excluding carboxylic acids is 1. The fourth-order valence-corrected chi connectivity index (χ4v) is 1.27. The third-order valence-electron chi connectivity index (χ3n) is 2.10. The molecule has 0 atom stereocenters. The lowest BCUT2D eigenvalue weighted by molar-refractivity contribution is -0.167. The van der Waals surface area contributed by atoms with E-state index in [2.05, 4.69) is 0 Å². The van der Waals surface area contributed by atoms with Crippen LogP contribution in [0.25, 0.3) is 0 Å². The largest absolute Gasteiger partial charge is 0.471 e. The van der Waals surface area contributed by atoms with Crippen LogP contribution < -0.4 is 5.32 Å². The number of para-hydroxylation sites is 1. The monoisotopic (exact) mass is 247 g/mol. The average Bonchev–Trinajstić information content (AvgIpc) is 2.26. The molecule has 1 amide bonds. The minimum Gasteiger partial charge on any atom is -0.384 e. The molecule has 1 rings (SSSR count). The third-order valence-corrected chi connectivity index (χ3v) is 2.10. The van der Waals surface area contributed by atoms with Crippen molar-refractivity contribution in [3.8, 4) is 0 Å². The predicted molar refractivity (Wildman–Crippen MR) is 56.7 cm³/mol. The van der Waals surface area contributed by atoms with Gasteiger partial charge in [-0.15, -0.1) is 0 Å². The Bertz CT molecular complexity index is 391. The average molecular weight is 247 g/mol. The molecule has 1 aromatic carbocycles. The van der Waals surface area contributed by atoms with Crippen molar-refractivity contribution in [2.45, 2.75) is 12.6 Å². The normalized spacial score (nSPS) is 11.3. The van der Waals surface area contributed by atoms with Crippen molar-refractivity contribution in [1.82, 2.24) is 0 Å². The Hall–Kier alpha value is -1.56. The summed E-state index contributed by atoms with van der Waals surface area (Å²) in [4.78, 5) is 10.8. The topological polar surface area (TPSA) is 38.3 Å². The number of carbonyl (C=O) groups is 1. The molecule has 3 nitrogen and oxygen atoms in total. The van der Waals surface area contributed by atoms with Gasteiger partial charge in [-0.2, -0.15) is 13.2 Å². The van der Waals surface area contributed by atoms with Crippen LogP contribution in [0.1, 0.15) is 5.56 Å². The lowest BCUT2D eigenvalue weighted by Crippen LogP contribution is -2.30. The number of nitrogens with one attached hydrogen (secondary N) is 1. The fraction of sp³-hybridized carbons (Fsp3) is 0.364. The van der Waals surface area contributed by atoms with Crippen molar-refractivity contribution in [1.29, 1.82) is 0 Å². The van der Waals surface area contributed by atoms with Gasteiger partial charge in [0, 0.05) is 12.8 Å². The van der Waals surface area contributed by atoms with Crippen LogP contribution in [0.5, 0.6) is 0 Å². The lowest BCUT2D eigenvalue weighted by Gasteiger charge is -2.12. The zero-order chi connectivity index (χ0) is 12.9. The molecule has 17 heavy (non-hydrogen) atoms. The molecule has 0 radical (unpaired) electrons. The van der Waals surface area contributed by atoms with Crippen LogP contribution in [0.2, 0.25) is 0 Å². The number of hydrogen-bond donors (Lipinski definition) is 1. The zero-order valence-electron chi connectivity index (χ0n) is 9.17. The van der Waals surface area contributed by atoms with E-state index >= 15 is 0 Å². The molecule has 0 aliphatic rings. The standard InChI is InChI=1S/C11H12F3NO2/c1-17-7-6-8-4-2-3-5-9(8)15-10(16)11(12,13)14/h2-5H,6-7H2,1H3,(H,15,16). The molecule has 0 aromatic heterocycles. The highest BCUT2D eigenvalue weighted by Gasteiger charge is 2.38. The molecule has 0 aliphatic carbocycles. The summed E-state index contributed by atoms with van der Waals surface area (Å²) in [7, 11) is 1.50. The van der Waals surface area contributed by atoms with Crippen molar-refractivity contribution in [2.24, 2.45) is 0 Å². The van der Waals surface area contributed by atoms with Gasteiger partial charge in [-0.25, -0.2) is 0 Å². The number of ether oxygens (including phenoxy) is 1. The Balaban J connectivity index is 2.80. The first-order chi connectivity index (χ1) is 7.95. The molecule has 0 saturated carbocycles. The van der Waals surface area contributed by atoms with E-state index in [1.807, 2.05) is 5.32 Å². The highest BCUT2D eigenvalue weighted by atomic mass is 19.4. The van der Waals surface area contributed by atoms with Crippen LogP contribution >= 0.6 is 0 Å². The van der Waals surface area contributed by atoms with Gasteiger partial charge < -0.3 is 10.1 Å². The number of benzene rings is 1. The van der Waals surface area contributed by atoms with Crippen LogP contribution in [0.15, 0.2) is 24.3 Å². The SMILES string of the molecule is COCCc1ccccc1NC(=O)C(F)(F)F. The summed E-state index contributed by atoms with van der Waals surface area (Å²) >= 11 is 0. The quantitative estimate of drug-likeness (QED) is 0.887. The van der Waals surface area contributed by atoms with Crippen molar-refractivity contribution in [3.05, 3.63) is 29.8 Å².